The maximum absolute atomic E-state index is 4.32. The van der Waals surface area contributed by atoms with E-state index in [1.54, 1.807) is 0 Å². The van der Waals surface area contributed by atoms with Gasteiger partial charge in [-0.25, -0.2) is 4.68 Å². The average Bonchev–Trinajstić information content (AvgIpc) is 2.87. The summed E-state index contributed by atoms with van der Waals surface area (Å²) in [5.41, 5.74) is 1.34. The summed E-state index contributed by atoms with van der Waals surface area (Å²) >= 11 is 0. The van der Waals surface area contributed by atoms with E-state index in [0.717, 1.165) is 49.1 Å². The van der Waals surface area contributed by atoms with Crippen LogP contribution in [-0.2, 0) is 6.54 Å². The summed E-state index contributed by atoms with van der Waals surface area (Å²) in [7, 11) is 0. The lowest BCUT2D eigenvalue weighted by atomic mass is 9.95. The Labute approximate surface area is 127 Å². The lowest BCUT2D eigenvalue weighted by molar-refractivity contribution is 0.351. The van der Waals surface area contributed by atoms with Crippen LogP contribution in [0.25, 0.3) is 0 Å². The number of nitrogens with zero attached hydrogens (tertiary/aromatic N) is 3. The zero-order chi connectivity index (χ0) is 14.4. The van der Waals surface area contributed by atoms with Crippen LogP contribution in [0, 0.1) is 29.6 Å². The molecule has 3 aliphatic carbocycles. The van der Waals surface area contributed by atoms with Crippen LogP contribution in [0.5, 0.6) is 0 Å². The third-order valence-corrected chi connectivity index (χ3v) is 6.20. The molecule has 1 heterocycles. The van der Waals surface area contributed by atoms with Crippen molar-refractivity contribution in [1.82, 2.24) is 20.3 Å². The number of fused-ring (bicyclic) bond motifs is 5. The van der Waals surface area contributed by atoms with E-state index >= 15 is 0 Å². The van der Waals surface area contributed by atoms with Crippen LogP contribution in [-0.4, -0.2) is 21.5 Å². The first kappa shape index (κ1) is 13.7. The summed E-state index contributed by atoms with van der Waals surface area (Å²) in [6, 6.07) is 0.491. The number of hydrogen-bond donors (Lipinski definition) is 1. The smallest absolute Gasteiger partial charge is 0.0759 e. The molecule has 3 saturated carbocycles. The molecular weight excluding hydrogens is 260 g/mol. The Kier molecular flexibility index (Phi) is 3.52. The van der Waals surface area contributed by atoms with E-state index in [-0.39, 0.29) is 0 Å². The Morgan fingerprint density at radius 3 is 2.67 bits per heavy atom. The van der Waals surface area contributed by atoms with E-state index in [1.807, 2.05) is 6.20 Å². The summed E-state index contributed by atoms with van der Waals surface area (Å²) in [5.74, 6) is 4.93. The molecule has 1 aromatic heterocycles. The normalized spacial score (nSPS) is 37.7. The van der Waals surface area contributed by atoms with Crippen molar-refractivity contribution < 1.29 is 0 Å². The standard InChI is InChI=1S/C17H28N4/c1-3-7-18-17(13-10-19-20-21(13)8-4-2)16-14-11-5-6-12(9-11)15(14)16/h10-12,14-18H,3-9H2,1-2H3. The molecule has 1 aromatic rings. The van der Waals surface area contributed by atoms with Gasteiger partial charge in [0.25, 0.3) is 0 Å². The van der Waals surface area contributed by atoms with Gasteiger partial charge in [0.15, 0.2) is 0 Å². The highest BCUT2D eigenvalue weighted by Crippen LogP contribution is 2.72. The van der Waals surface area contributed by atoms with Crippen LogP contribution in [0.3, 0.4) is 0 Å². The van der Waals surface area contributed by atoms with Crippen molar-refractivity contribution >= 4 is 0 Å². The first-order valence-electron chi connectivity index (χ1n) is 8.96. The highest BCUT2D eigenvalue weighted by molar-refractivity contribution is 5.20. The zero-order valence-electron chi connectivity index (χ0n) is 13.3. The molecule has 3 aliphatic rings. The van der Waals surface area contributed by atoms with E-state index in [9.17, 15) is 0 Å². The molecule has 116 valence electrons. The minimum Gasteiger partial charge on any atom is -0.308 e. The van der Waals surface area contributed by atoms with Crippen LogP contribution in [0.15, 0.2) is 6.20 Å². The second kappa shape index (κ2) is 5.38. The van der Waals surface area contributed by atoms with Gasteiger partial charge in [-0.2, -0.15) is 0 Å². The van der Waals surface area contributed by atoms with E-state index in [1.165, 1.54) is 31.4 Å². The lowest BCUT2D eigenvalue weighted by Crippen LogP contribution is -2.28. The summed E-state index contributed by atoms with van der Waals surface area (Å²) in [5, 5.41) is 12.3. The van der Waals surface area contributed by atoms with Crippen molar-refractivity contribution in [3.8, 4) is 0 Å². The van der Waals surface area contributed by atoms with Crippen LogP contribution in [0.4, 0.5) is 0 Å². The van der Waals surface area contributed by atoms with Crippen LogP contribution < -0.4 is 5.32 Å². The molecule has 5 atom stereocenters. The Balaban J connectivity index is 1.56. The summed E-state index contributed by atoms with van der Waals surface area (Å²) < 4.78 is 2.14. The van der Waals surface area contributed by atoms with Crippen molar-refractivity contribution in [2.75, 3.05) is 6.54 Å². The monoisotopic (exact) mass is 288 g/mol. The van der Waals surface area contributed by atoms with E-state index in [0.29, 0.717) is 6.04 Å². The fraction of sp³-hybridized carbons (Fsp3) is 0.882. The highest BCUT2D eigenvalue weighted by Gasteiger charge is 2.67. The van der Waals surface area contributed by atoms with E-state index in [4.69, 9.17) is 0 Å². The molecule has 5 unspecified atom stereocenters. The second-order valence-corrected chi connectivity index (χ2v) is 7.38. The molecular formula is C17H28N4. The fourth-order valence-electron chi connectivity index (χ4n) is 5.47. The molecule has 21 heavy (non-hydrogen) atoms. The molecule has 0 amide bonds. The molecule has 0 radical (unpaired) electrons. The van der Waals surface area contributed by atoms with Crippen molar-refractivity contribution in [3.63, 3.8) is 0 Å². The fourth-order valence-corrected chi connectivity index (χ4v) is 5.47. The number of aryl methyl sites for hydroxylation is 1. The minimum atomic E-state index is 0.491. The number of hydrogen-bond acceptors (Lipinski definition) is 3. The molecule has 3 fully saturated rings. The molecule has 4 rings (SSSR count). The topological polar surface area (TPSA) is 42.7 Å². The van der Waals surface area contributed by atoms with Gasteiger partial charge in [-0.05, 0) is 68.2 Å². The third kappa shape index (κ3) is 2.14. The average molecular weight is 288 g/mol. The first-order valence-corrected chi connectivity index (χ1v) is 8.96. The van der Waals surface area contributed by atoms with Crippen LogP contribution in [0.1, 0.15) is 57.7 Å². The Bertz CT molecular complexity index is 481. The van der Waals surface area contributed by atoms with Gasteiger partial charge >= 0.3 is 0 Å². The van der Waals surface area contributed by atoms with E-state index < -0.39 is 0 Å². The second-order valence-electron chi connectivity index (χ2n) is 7.38. The molecule has 2 bridgehead atoms. The quantitative estimate of drug-likeness (QED) is 0.838. The van der Waals surface area contributed by atoms with Crippen molar-refractivity contribution in [3.05, 3.63) is 11.9 Å². The van der Waals surface area contributed by atoms with Crippen LogP contribution >= 0.6 is 0 Å². The van der Waals surface area contributed by atoms with Gasteiger partial charge in [-0.3, -0.25) is 0 Å². The van der Waals surface area contributed by atoms with Crippen LogP contribution in [0.2, 0.25) is 0 Å². The highest BCUT2D eigenvalue weighted by atomic mass is 15.4. The van der Waals surface area contributed by atoms with Gasteiger partial charge in [0.2, 0.25) is 0 Å². The van der Waals surface area contributed by atoms with Gasteiger partial charge in [0.1, 0.15) is 0 Å². The van der Waals surface area contributed by atoms with Gasteiger partial charge in [0, 0.05) is 6.54 Å². The van der Waals surface area contributed by atoms with Gasteiger partial charge in [-0.15, -0.1) is 5.10 Å². The predicted molar refractivity (Wildman–Crippen MR) is 82.6 cm³/mol. The lowest BCUT2D eigenvalue weighted by Gasteiger charge is -2.22. The first-order chi connectivity index (χ1) is 10.3. The largest absolute Gasteiger partial charge is 0.308 e. The van der Waals surface area contributed by atoms with Gasteiger partial charge in [0.05, 0.1) is 17.9 Å². The molecule has 1 N–H and O–H groups in total. The summed E-state index contributed by atoms with van der Waals surface area (Å²) in [4.78, 5) is 0. The number of nitrogens with one attached hydrogen (secondary N) is 1. The van der Waals surface area contributed by atoms with Crippen molar-refractivity contribution in [1.29, 1.82) is 0 Å². The molecule has 0 aromatic carbocycles. The maximum Gasteiger partial charge on any atom is 0.0759 e. The maximum atomic E-state index is 4.32. The zero-order valence-corrected chi connectivity index (χ0v) is 13.3. The molecule has 0 aliphatic heterocycles. The molecule has 4 heteroatoms. The molecule has 4 nitrogen and oxygen atoms in total. The number of rotatable bonds is 7. The Morgan fingerprint density at radius 1 is 1.24 bits per heavy atom. The SMILES string of the molecule is CCCNC(c1cnnn1CCC)C1C2C3CCC(C3)C21. The molecule has 0 spiro atoms. The Morgan fingerprint density at radius 2 is 2.00 bits per heavy atom. The van der Waals surface area contributed by atoms with Gasteiger partial charge in [-0.1, -0.05) is 19.1 Å². The predicted octanol–water partition coefficient (Wildman–Crippen LogP) is 3.02. The molecule has 0 saturated heterocycles. The van der Waals surface area contributed by atoms with Crippen molar-refractivity contribution in [2.45, 2.75) is 58.5 Å². The summed E-state index contributed by atoms with van der Waals surface area (Å²) in [6.07, 6.45) is 8.85. The van der Waals surface area contributed by atoms with Crippen molar-refractivity contribution in [2.24, 2.45) is 29.6 Å². The van der Waals surface area contributed by atoms with E-state index in [2.05, 4.69) is 34.2 Å². The summed E-state index contributed by atoms with van der Waals surface area (Å²) in [6.45, 7) is 6.57. The Hall–Kier alpha value is -0.900. The minimum absolute atomic E-state index is 0.491. The third-order valence-electron chi connectivity index (χ3n) is 6.20. The number of aromatic nitrogens is 3. The van der Waals surface area contributed by atoms with Gasteiger partial charge < -0.3 is 5.32 Å².